The third-order valence-electron chi connectivity index (χ3n) is 4.30. The van der Waals surface area contributed by atoms with Gasteiger partial charge in [-0.25, -0.2) is 9.78 Å². The van der Waals surface area contributed by atoms with E-state index >= 15 is 0 Å². The fourth-order valence-electron chi connectivity index (χ4n) is 2.95. The molecule has 1 aromatic heterocycles. The molecule has 1 heterocycles. The number of ether oxygens (including phenoxy) is 1. The summed E-state index contributed by atoms with van der Waals surface area (Å²) >= 11 is 6.33. The van der Waals surface area contributed by atoms with Crippen molar-refractivity contribution in [3.63, 3.8) is 0 Å². The molecule has 3 nitrogen and oxygen atoms in total. The second-order valence-corrected chi connectivity index (χ2v) is 6.52. The molecule has 0 fully saturated rings. The minimum atomic E-state index is -0.384. The van der Waals surface area contributed by atoms with Crippen molar-refractivity contribution in [2.75, 3.05) is 0 Å². The van der Waals surface area contributed by atoms with Crippen LogP contribution in [0.3, 0.4) is 0 Å². The van der Waals surface area contributed by atoms with Gasteiger partial charge < -0.3 is 4.74 Å². The molecule has 0 spiro atoms. The minimum absolute atomic E-state index is 0.220. The van der Waals surface area contributed by atoms with Crippen LogP contribution in [0.25, 0.3) is 22.2 Å². The number of nitrogens with zero attached hydrogens (tertiary/aromatic N) is 1. The Kier molecular flexibility index (Phi) is 4.86. The lowest BCUT2D eigenvalue weighted by Gasteiger charge is -2.11. The normalized spacial score (nSPS) is 10.7. The van der Waals surface area contributed by atoms with Crippen molar-refractivity contribution in [1.82, 2.24) is 4.98 Å². The molecule has 0 unspecified atom stereocenters. The van der Waals surface area contributed by atoms with E-state index in [0.29, 0.717) is 16.3 Å². The first-order valence-electron chi connectivity index (χ1n) is 8.58. The highest BCUT2D eigenvalue weighted by Crippen LogP contribution is 2.30. The van der Waals surface area contributed by atoms with Crippen molar-refractivity contribution in [1.29, 1.82) is 0 Å². The number of fused-ring (bicyclic) bond motifs is 1. The van der Waals surface area contributed by atoms with Crippen LogP contribution < -0.4 is 0 Å². The van der Waals surface area contributed by atoms with Gasteiger partial charge in [0.25, 0.3) is 0 Å². The van der Waals surface area contributed by atoms with E-state index in [1.165, 1.54) is 0 Å². The standard InChI is InChI=1S/C23H16ClNO2/c24-20-12-6-4-11-18(20)22-14-19(17-10-5-7-13-21(17)25-22)23(26)27-15-16-8-2-1-3-9-16/h1-14H,15H2. The summed E-state index contributed by atoms with van der Waals surface area (Å²) in [5, 5.41) is 1.34. The van der Waals surface area contributed by atoms with Crippen molar-refractivity contribution in [3.8, 4) is 11.3 Å². The zero-order valence-electron chi connectivity index (χ0n) is 14.4. The Labute approximate surface area is 162 Å². The molecule has 0 bridgehead atoms. The van der Waals surface area contributed by atoms with Gasteiger partial charge in [-0.1, -0.05) is 78.3 Å². The van der Waals surface area contributed by atoms with Crippen molar-refractivity contribution in [2.24, 2.45) is 0 Å². The molecular formula is C23H16ClNO2. The number of carbonyl (C=O) groups is 1. The SMILES string of the molecule is O=C(OCc1ccccc1)c1cc(-c2ccccc2Cl)nc2ccccc12. The smallest absolute Gasteiger partial charge is 0.339 e. The number of para-hydroxylation sites is 1. The minimum Gasteiger partial charge on any atom is -0.457 e. The Morgan fingerprint density at radius 2 is 1.59 bits per heavy atom. The summed E-state index contributed by atoms with van der Waals surface area (Å²) in [4.78, 5) is 17.5. The van der Waals surface area contributed by atoms with Crippen LogP contribution in [-0.2, 0) is 11.3 Å². The molecule has 0 amide bonds. The van der Waals surface area contributed by atoms with Gasteiger partial charge >= 0.3 is 5.97 Å². The fraction of sp³-hybridized carbons (Fsp3) is 0.0435. The molecule has 4 aromatic rings. The Morgan fingerprint density at radius 3 is 2.41 bits per heavy atom. The molecule has 0 saturated heterocycles. The summed E-state index contributed by atoms with van der Waals surface area (Å²) in [5.41, 5.74) is 3.57. The van der Waals surface area contributed by atoms with Crippen LogP contribution in [0.5, 0.6) is 0 Å². The number of esters is 1. The van der Waals surface area contributed by atoms with Gasteiger partial charge in [-0.3, -0.25) is 0 Å². The second-order valence-electron chi connectivity index (χ2n) is 6.11. The molecule has 4 rings (SSSR count). The van der Waals surface area contributed by atoms with E-state index in [1.807, 2.05) is 72.8 Å². The molecule has 132 valence electrons. The van der Waals surface area contributed by atoms with Crippen molar-refractivity contribution < 1.29 is 9.53 Å². The first kappa shape index (κ1) is 17.3. The number of rotatable bonds is 4. The Balaban J connectivity index is 1.74. The fourth-order valence-corrected chi connectivity index (χ4v) is 3.18. The number of aromatic nitrogens is 1. The summed E-state index contributed by atoms with van der Waals surface area (Å²) in [5.74, 6) is -0.384. The summed E-state index contributed by atoms with van der Waals surface area (Å²) in [6.45, 7) is 0.220. The molecule has 4 heteroatoms. The van der Waals surface area contributed by atoms with Crippen molar-refractivity contribution in [3.05, 3.63) is 101 Å². The monoisotopic (exact) mass is 373 g/mol. The van der Waals surface area contributed by atoms with E-state index in [4.69, 9.17) is 16.3 Å². The highest BCUT2D eigenvalue weighted by molar-refractivity contribution is 6.33. The Morgan fingerprint density at radius 1 is 0.889 bits per heavy atom. The summed E-state index contributed by atoms with van der Waals surface area (Å²) in [7, 11) is 0. The number of halogens is 1. The first-order valence-corrected chi connectivity index (χ1v) is 8.96. The molecule has 0 aliphatic carbocycles. The van der Waals surface area contributed by atoms with Gasteiger partial charge in [-0.2, -0.15) is 0 Å². The van der Waals surface area contributed by atoms with Gasteiger partial charge in [0.15, 0.2) is 0 Å². The lowest BCUT2D eigenvalue weighted by Crippen LogP contribution is -2.07. The summed E-state index contributed by atoms with van der Waals surface area (Å²) < 4.78 is 5.54. The van der Waals surface area contributed by atoms with Crippen molar-refractivity contribution in [2.45, 2.75) is 6.61 Å². The van der Waals surface area contributed by atoms with Gasteiger partial charge in [0, 0.05) is 16.0 Å². The van der Waals surface area contributed by atoms with Crippen LogP contribution in [0.15, 0.2) is 84.9 Å². The van der Waals surface area contributed by atoms with Gasteiger partial charge in [0.2, 0.25) is 0 Å². The predicted octanol–water partition coefficient (Wildman–Crippen LogP) is 5.91. The van der Waals surface area contributed by atoms with Gasteiger partial charge in [0.05, 0.1) is 16.8 Å². The average Bonchev–Trinajstić information content (AvgIpc) is 2.72. The van der Waals surface area contributed by atoms with Crippen LogP contribution in [0.2, 0.25) is 5.02 Å². The van der Waals surface area contributed by atoms with E-state index in [2.05, 4.69) is 4.98 Å². The Hall–Kier alpha value is -3.17. The number of hydrogen-bond donors (Lipinski definition) is 0. The zero-order chi connectivity index (χ0) is 18.6. The van der Waals surface area contributed by atoms with Crippen LogP contribution in [0.1, 0.15) is 15.9 Å². The lowest BCUT2D eigenvalue weighted by molar-refractivity contribution is 0.0475. The molecule has 27 heavy (non-hydrogen) atoms. The van der Waals surface area contributed by atoms with E-state index in [9.17, 15) is 4.79 Å². The van der Waals surface area contributed by atoms with E-state index in [1.54, 1.807) is 12.1 Å². The third-order valence-corrected chi connectivity index (χ3v) is 4.63. The molecule has 0 atom stereocenters. The van der Waals surface area contributed by atoms with Crippen LogP contribution in [0, 0.1) is 0 Å². The quantitative estimate of drug-likeness (QED) is 0.417. The van der Waals surface area contributed by atoms with E-state index in [0.717, 1.165) is 22.0 Å². The predicted molar refractivity (Wildman–Crippen MR) is 108 cm³/mol. The van der Waals surface area contributed by atoms with Crippen LogP contribution >= 0.6 is 11.6 Å². The maximum atomic E-state index is 12.8. The van der Waals surface area contributed by atoms with Gasteiger partial charge in [0.1, 0.15) is 6.61 Å². The van der Waals surface area contributed by atoms with E-state index in [-0.39, 0.29) is 12.6 Å². The zero-order valence-corrected chi connectivity index (χ0v) is 15.2. The number of pyridine rings is 1. The van der Waals surface area contributed by atoms with Crippen LogP contribution in [0.4, 0.5) is 0 Å². The molecular weight excluding hydrogens is 358 g/mol. The average molecular weight is 374 g/mol. The van der Waals surface area contributed by atoms with Gasteiger partial charge in [-0.05, 0) is 23.8 Å². The van der Waals surface area contributed by atoms with Crippen molar-refractivity contribution >= 4 is 28.5 Å². The van der Waals surface area contributed by atoms with Gasteiger partial charge in [-0.15, -0.1) is 0 Å². The molecule has 0 aliphatic heterocycles. The first-order chi connectivity index (χ1) is 13.2. The topological polar surface area (TPSA) is 39.2 Å². The number of hydrogen-bond acceptors (Lipinski definition) is 3. The number of carbonyl (C=O) groups excluding carboxylic acids is 1. The maximum Gasteiger partial charge on any atom is 0.339 e. The second kappa shape index (κ2) is 7.60. The molecule has 0 aliphatic rings. The number of benzene rings is 3. The van der Waals surface area contributed by atoms with E-state index < -0.39 is 0 Å². The Bertz CT molecular complexity index is 1110. The maximum absolute atomic E-state index is 12.8. The molecule has 0 saturated carbocycles. The molecule has 0 radical (unpaired) electrons. The molecule has 3 aromatic carbocycles. The third kappa shape index (κ3) is 3.69. The summed E-state index contributed by atoms with van der Waals surface area (Å²) in [6, 6.07) is 26.3. The molecule has 0 N–H and O–H groups in total. The highest BCUT2D eigenvalue weighted by atomic mass is 35.5. The summed E-state index contributed by atoms with van der Waals surface area (Å²) in [6.07, 6.45) is 0. The van der Waals surface area contributed by atoms with Crippen LogP contribution in [-0.4, -0.2) is 11.0 Å². The lowest BCUT2D eigenvalue weighted by atomic mass is 10.0. The highest BCUT2D eigenvalue weighted by Gasteiger charge is 2.16. The largest absolute Gasteiger partial charge is 0.457 e.